The van der Waals surface area contributed by atoms with E-state index < -0.39 is 38.6 Å². The molecule has 5 nitrogen and oxygen atoms in total. The number of amides is 1. The number of nitrogens with zero attached hydrogens (tertiary/aromatic N) is 1. The maximum absolute atomic E-state index is 12.9. The van der Waals surface area contributed by atoms with Crippen molar-refractivity contribution in [2.75, 3.05) is 13.1 Å². The molecule has 1 atom stereocenters. The van der Waals surface area contributed by atoms with Gasteiger partial charge in [0.2, 0.25) is 15.9 Å². The number of hydrogen-bond acceptors (Lipinski definition) is 3. The van der Waals surface area contributed by atoms with Crippen LogP contribution in [0.3, 0.4) is 0 Å². The van der Waals surface area contributed by atoms with Crippen molar-refractivity contribution in [3.8, 4) is 0 Å². The van der Waals surface area contributed by atoms with Gasteiger partial charge in [-0.1, -0.05) is 25.4 Å². The second-order valence-corrected chi connectivity index (χ2v) is 8.00. The summed E-state index contributed by atoms with van der Waals surface area (Å²) < 4.78 is 65.2. The van der Waals surface area contributed by atoms with Crippen LogP contribution in [0.1, 0.15) is 19.4 Å². The first-order valence-corrected chi connectivity index (χ1v) is 8.94. The van der Waals surface area contributed by atoms with Gasteiger partial charge in [0.05, 0.1) is 10.6 Å². The second-order valence-electron chi connectivity index (χ2n) is 5.74. The zero-order valence-corrected chi connectivity index (χ0v) is 14.5. The third-order valence-electron chi connectivity index (χ3n) is 3.69. The summed E-state index contributed by atoms with van der Waals surface area (Å²) in [5.74, 6) is -0.840. The molecule has 1 aromatic rings. The van der Waals surface area contributed by atoms with Gasteiger partial charge in [-0.15, -0.1) is 0 Å². The van der Waals surface area contributed by atoms with Crippen LogP contribution in [0.2, 0.25) is 5.02 Å². The Hall–Kier alpha value is -1.32. The minimum Gasteiger partial charge on any atom is -0.353 e. The molecule has 0 aliphatic carbocycles. The summed E-state index contributed by atoms with van der Waals surface area (Å²) in [6, 6.07) is 1.10. The molecule has 0 saturated carbocycles. The number of benzene rings is 1. The molecule has 2 rings (SSSR count). The molecule has 1 unspecified atom stereocenters. The number of halogens is 4. The van der Waals surface area contributed by atoms with E-state index >= 15 is 0 Å². The highest BCUT2D eigenvalue weighted by molar-refractivity contribution is 7.89. The maximum Gasteiger partial charge on any atom is 0.416 e. The van der Waals surface area contributed by atoms with Crippen molar-refractivity contribution in [1.82, 2.24) is 9.62 Å². The summed E-state index contributed by atoms with van der Waals surface area (Å²) >= 11 is 5.84. The average molecular weight is 385 g/mol. The minimum absolute atomic E-state index is 0.0382. The van der Waals surface area contributed by atoms with Crippen molar-refractivity contribution in [2.45, 2.75) is 31.0 Å². The van der Waals surface area contributed by atoms with Crippen LogP contribution in [-0.2, 0) is 21.0 Å². The number of rotatable bonds is 3. The molecule has 1 aromatic carbocycles. The number of nitrogens with one attached hydrogen (secondary N) is 1. The van der Waals surface area contributed by atoms with Gasteiger partial charge in [-0.3, -0.25) is 4.79 Å². The van der Waals surface area contributed by atoms with E-state index in [2.05, 4.69) is 5.32 Å². The normalized spacial score (nSPS) is 20.3. The fraction of sp³-hybridized carbons (Fsp3) is 0.500. The first-order valence-electron chi connectivity index (χ1n) is 7.12. The highest BCUT2D eigenvalue weighted by atomic mass is 35.5. The Kier molecular flexibility index (Phi) is 5.17. The number of carbonyl (C=O) groups excluding carboxylic acids is 1. The zero-order valence-electron chi connectivity index (χ0n) is 12.9. The number of hydrogen-bond donors (Lipinski definition) is 1. The van der Waals surface area contributed by atoms with Crippen molar-refractivity contribution in [2.24, 2.45) is 5.92 Å². The molecule has 0 bridgehead atoms. The summed E-state index contributed by atoms with van der Waals surface area (Å²) in [5.41, 5.74) is -1.12. The quantitative estimate of drug-likeness (QED) is 0.870. The van der Waals surface area contributed by atoms with Gasteiger partial charge in [-0.05, 0) is 24.1 Å². The molecule has 1 heterocycles. The van der Waals surface area contributed by atoms with Crippen LogP contribution >= 0.6 is 11.6 Å². The van der Waals surface area contributed by atoms with Gasteiger partial charge < -0.3 is 5.32 Å². The molecule has 1 saturated heterocycles. The largest absolute Gasteiger partial charge is 0.416 e. The van der Waals surface area contributed by atoms with Crippen molar-refractivity contribution < 1.29 is 26.4 Å². The number of alkyl halides is 3. The lowest BCUT2D eigenvalue weighted by molar-refractivity contribution is -0.137. The fourth-order valence-electron chi connectivity index (χ4n) is 2.57. The number of carbonyl (C=O) groups is 1. The highest BCUT2D eigenvalue weighted by Gasteiger charge is 2.42. The van der Waals surface area contributed by atoms with Crippen LogP contribution in [-0.4, -0.2) is 37.8 Å². The van der Waals surface area contributed by atoms with Gasteiger partial charge in [0, 0.05) is 13.1 Å². The Morgan fingerprint density at radius 1 is 1.33 bits per heavy atom. The predicted octanol–water partition coefficient (Wildman–Crippen LogP) is 2.50. The molecule has 1 N–H and O–H groups in total. The van der Waals surface area contributed by atoms with E-state index in [1.807, 2.05) is 0 Å². The lowest BCUT2D eigenvalue weighted by Gasteiger charge is -2.36. The Labute approximate surface area is 142 Å². The molecule has 10 heteroatoms. The summed E-state index contributed by atoms with van der Waals surface area (Å²) in [7, 11) is -4.36. The van der Waals surface area contributed by atoms with E-state index in [0.29, 0.717) is 12.1 Å². The lowest BCUT2D eigenvalue weighted by Crippen LogP contribution is -2.59. The molecule has 134 valence electrons. The first-order chi connectivity index (χ1) is 11.0. The first kappa shape index (κ1) is 19.0. The third kappa shape index (κ3) is 3.52. The number of piperazine rings is 1. The van der Waals surface area contributed by atoms with E-state index in [4.69, 9.17) is 11.6 Å². The molecule has 1 amide bonds. The molecular formula is C14H16ClF3N2O3S. The number of sulfonamides is 1. The molecule has 1 aliphatic rings. The van der Waals surface area contributed by atoms with Crippen molar-refractivity contribution in [3.63, 3.8) is 0 Å². The van der Waals surface area contributed by atoms with Crippen molar-refractivity contribution in [1.29, 1.82) is 0 Å². The SMILES string of the molecule is CC(C)C1C(=O)NCCN1S(=O)(=O)c1cc(C(F)(F)F)ccc1Cl. The standard InChI is InChI=1S/C14H16ClF3N2O3S/c1-8(2)12-13(21)19-5-6-20(12)24(22,23)11-7-9(14(16,17)18)3-4-10(11)15/h3-4,7-8,12H,5-6H2,1-2H3,(H,19,21). The highest BCUT2D eigenvalue weighted by Crippen LogP contribution is 2.35. The predicted molar refractivity (Wildman–Crippen MR) is 82.0 cm³/mol. The molecule has 0 radical (unpaired) electrons. The molecule has 1 fully saturated rings. The second kappa shape index (κ2) is 6.53. The van der Waals surface area contributed by atoms with E-state index in [1.54, 1.807) is 13.8 Å². The van der Waals surface area contributed by atoms with Crippen LogP contribution in [0.5, 0.6) is 0 Å². The molecule has 1 aliphatic heterocycles. The van der Waals surface area contributed by atoms with E-state index in [0.717, 1.165) is 10.4 Å². The smallest absolute Gasteiger partial charge is 0.353 e. The van der Waals surface area contributed by atoms with Gasteiger partial charge in [-0.25, -0.2) is 8.42 Å². The third-order valence-corrected chi connectivity index (χ3v) is 6.05. The van der Waals surface area contributed by atoms with Gasteiger partial charge >= 0.3 is 6.18 Å². The van der Waals surface area contributed by atoms with Crippen LogP contribution in [0.4, 0.5) is 13.2 Å². The van der Waals surface area contributed by atoms with E-state index in [1.165, 1.54) is 0 Å². The minimum atomic E-state index is -4.70. The van der Waals surface area contributed by atoms with Gasteiger partial charge in [0.25, 0.3) is 0 Å². The summed E-state index contributed by atoms with van der Waals surface area (Å²) in [5, 5.41) is 2.24. The molecule has 0 aromatic heterocycles. The van der Waals surface area contributed by atoms with E-state index in [9.17, 15) is 26.4 Å². The average Bonchev–Trinajstić information content (AvgIpc) is 2.45. The topological polar surface area (TPSA) is 66.5 Å². The summed E-state index contributed by atoms with van der Waals surface area (Å²) in [6.07, 6.45) is -4.70. The van der Waals surface area contributed by atoms with Crippen LogP contribution in [0.25, 0.3) is 0 Å². The van der Waals surface area contributed by atoms with Crippen LogP contribution in [0, 0.1) is 5.92 Å². The Balaban J connectivity index is 2.55. The summed E-state index contributed by atoms with van der Waals surface area (Å²) in [4.78, 5) is 11.4. The summed E-state index contributed by atoms with van der Waals surface area (Å²) in [6.45, 7) is 3.36. The van der Waals surface area contributed by atoms with Crippen LogP contribution in [0.15, 0.2) is 23.1 Å². The van der Waals surface area contributed by atoms with Gasteiger partial charge in [-0.2, -0.15) is 17.5 Å². The molecule has 0 spiro atoms. The molecular weight excluding hydrogens is 369 g/mol. The zero-order chi connectivity index (χ0) is 18.3. The van der Waals surface area contributed by atoms with Gasteiger partial charge in [0.15, 0.2) is 0 Å². The fourth-order valence-corrected chi connectivity index (χ4v) is 4.80. The van der Waals surface area contributed by atoms with Crippen molar-refractivity contribution in [3.05, 3.63) is 28.8 Å². The maximum atomic E-state index is 12.9. The monoisotopic (exact) mass is 384 g/mol. The van der Waals surface area contributed by atoms with E-state index in [-0.39, 0.29) is 24.0 Å². The Morgan fingerprint density at radius 3 is 2.50 bits per heavy atom. The lowest BCUT2D eigenvalue weighted by atomic mass is 10.0. The Bertz CT molecular complexity index is 750. The van der Waals surface area contributed by atoms with Crippen molar-refractivity contribution >= 4 is 27.5 Å². The Morgan fingerprint density at radius 2 is 1.96 bits per heavy atom. The van der Waals surface area contributed by atoms with Gasteiger partial charge in [0.1, 0.15) is 10.9 Å². The van der Waals surface area contributed by atoms with Crippen LogP contribution < -0.4 is 5.32 Å². The molecule has 24 heavy (non-hydrogen) atoms.